The first kappa shape index (κ1) is 12.9. The minimum Gasteiger partial charge on any atom is -0.378 e. The third-order valence-electron chi connectivity index (χ3n) is 2.80. The Balaban J connectivity index is 2.18. The van der Waals surface area contributed by atoms with Gasteiger partial charge in [-0.25, -0.2) is 0 Å². The Labute approximate surface area is 104 Å². The van der Waals surface area contributed by atoms with E-state index in [0.29, 0.717) is 13.2 Å². The molecule has 1 aliphatic heterocycles. The van der Waals surface area contributed by atoms with Crippen molar-refractivity contribution in [1.29, 1.82) is 0 Å². The number of hydrogen-bond donors (Lipinski definition) is 0. The van der Waals surface area contributed by atoms with Gasteiger partial charge in [0.05, 0.1) is 13.2 Å². The molecular formula is C12H14F2N2O2. The van der Waals surface area contributed by atoms with Crippen molar-refractivity contribution in [2.24, 2.45) is 0 Å². The SMILES string of the molecule is Cc1ccc(C(F)(F)C(=O)N2CCOCC2)nc1. The zero-order valence-corrected chi connectivity index (χ0v) is 10.0. The van der Waals surface area contributed by atoms with Crippen LogP contribution >= 0.6 is 0 Å². The normalized spacial score (nSPS) is 16.7. The third kappa shape index (κ3) is 2.48. The zero-order chi connectivity index (χ0) is 13.2. The van der Waals surface area contributed by atoms with Crippen molar-refractivity contribution in [1.82, 2.24) is 9.88 Å². The number of pyridine rings is 1. The number of amides is 1. The van der Waals surface area contributed by atoms with Gasteiger partial charge in [0.1, 0.15) is 5.69 Å². The summed E-state index contributed by atoms with van der Waals surface area (Å²) in [6.07, 6.45) is 1.33. The van der Waals surface area contributed by atoms with E-state index in [0.717, 1.165) is 10.5 Å². The second kappa shape index (κ2) is 4.97. The molecule has 18 heavy (non-hydrogen) atoms. The van der Waals surface area contributed by atoms with Crippen LogP contribution in [0.4, 0.5) is 8.78 Å². The van der Waals surface area contributed by atoms with Gasteiger partial charge in [0, 0.05) is 19.3 Å². The molecule has 0 aliphatic carbocycles. The Morgan fingerprint density at radius 1 is 1.39 bits per heavy atom. The van der Waals surface area contributed by atoms with E-state index in [1.54, 1.807) is 6.92 Å². The minimum atomic E-state index is -3.58. The van der Waals surface area contributed by atoms with E-state index in [2.05, 4.69) is 4.98 Å². The van der Waals surface area contributed by atoms with Crippen LogP contribution in [0, 0.1) is 6.92 Å². The molecule has 0 spiro atoms. The number of aryl methyl sites for hydroxylation is 1. The summed E-state index contributed by atoms with van der Waals surface area (Å²) in [6, 6.07) is 2.70. The number of carbonyl (C=O) groups is 1. The van der Waals surface area contributed by atoms with Gasteiger partial charge >= 0.3 is 5.92 Å². The number of halogens is 2. The number of rotatable bonds is 2. The van der Waals surface area contributed by atoms with E-state index in [4.69, 9.17) is 4.74 Å². The molecule has 0 unspecified atom stereocenters. The summed E-state index contributed by atoms with van der Waals surface area (Å²) in [5.74, 6) is -4.78. The van der Waals surface area contributed by atoms with Crippen LogP contribution in [-0.2, 0) is 15.5 Å². The molecule has 1 saturated heterocycles. The van der Waals surface area contributed by atoms with Crippen LogP contribution in [0.1, 0.15) is 11.3 Å². The Morgan fingerprint density at radius 3 is 2.61 bits per heavy atom. The second-order valence-electron chi connectivity index (χ2n) is 4.20. The molecule has 1 aromatic heterocycles. The van der Waals surface area contributed by atoms with Gasteiger partial charge in [-0.2, -0.15) is 8.78 Å². The van der Waals surface area contributed by atoms with Gasteiger partial charge in [-0.1, -0.05) is 6.07 Å². The van der Waals surface area contributed by atoms with Crippen molar-refractivity contribution < 1.29 is 18.3 Å². The number of carbonyl (C=O) groups excluding carboxylic acids is 1. The Morgan fingerprint density at radius 2 is 2.06 bits per heavy atom. The van der Waals surface area contributed by atoms with Crippen molar-refractivity contribution >= 4 is 5.91 Å². The molecule has 1 fully saturated rings. The first-order chi connectivity index (χ1) is 8.51. The number of hydrogen-bond acceptors (Lipinski definition) is 3. The van der Waals surface area contributed by atoms with Crippen LogP contribution in [0.5, 0.6) is 0 Å². The average molecular weight is 256 g/mol. The van der Waals surface area contributed by atoms with E-state index in [9.17, 15) is 13.6 Å². The second-order valence-corrected chi connectivity index (χ2v) is 4.20. The Bertz CT molecular complexity index is 428. The lowest BCUT2D eigenvalue weighted by Gasteiger charge is -2.29. The third-order valence-corrected chi connectivity index (χ3v) is 2.80. The highest BCUT2D eigenvalue weighted by atomic mass is 19.3. The van der Waals surface area contributed by atoms with E-state index in [1.165, 1.54) is 18.3 Å². The summed E-state index contributed by atoms with van der Waals surface area (Å²) < 4.78 is 33.0. The van der Waals surface area contributed by atoms with Crippen molar-refractivity contribution in [2.75, 3.05) is 26.3 Å². The first-order valence-electron chi connectivity index (χ1n) is 5.70. The van der Waals surface area contributed by atoms with Crippen molar-refractivity contribution in [3.05, 3.63) is 29.6 Å². The van der Waals surface area contributed by atoms with Crippen molar-refractivity contribution in [3.8, 4) is 0 Å². The lowest BCUT2D eigenvalue weighted by atomic mass is 10.1. The van der Waals surface area contributed by atoms with Gasteiger partial charge in [-0.3, -0.25) is 9.78 Å². The summed E-state index contributed by atoms with van der Waals surface area (Å²) in [5, 5.41) is 0. The maximum Gasteiger partial charge on any atom is 0.366 e. The van der Waals surface area contributed by atoms with E-state index in [1.807, 2.05) is 0 Å². The number of aromatic nitrogens is 1. The van der Waals surface area contributed by atoms with Crippen LogP contribution in [0.3, 0.4) is 0 Å². The smallest absolute Gasteiger partial charge is 0.366 e. The predicted molar refractivity (Wildman–Crippen MR) is 60.3 cm³/mol. The van der Waals surface area contributed by atoms with Crippen molar-refractivity contribution in [2.45, 2.75) is 12.8 Å². The molecular weight excluding hydrogens is 242 g/mol. The summed E-state index contributed by atoms with van der Waals surface area (Å²) in [7, 11) is 0. The van der Waals surface area contributed by atoms with Crippen LogP contribution in [0.25, 0.3) is 0 Å². The van der Waals surface area contributed by atoms with Gasteiger partial charge in [-0.05, 0) is 18.6 Å². The predicted octanol–water partition coefficient (Wildman–Crippen LogP) is 1.34. The summed E-state index contributed by atoms with van der Waals surface area (Å²) in [4.78, 5) is 16.5. The summed E-state index contributed by atoms with van der Waals surface area (Å²) >= 11 is 0. The zero-order valence-electron chi connectivity index (χ0n) is 10.0. The van der Waals surface area contributed by atoms with Gasteiger partial charge < -0.3 is 9.64 Å². The van der Waals surface area contributed by atoms with Gasteiger partial charge in [0.25, 0.3) is 5.91 Å². The fraction of sp³-hybridized carbons (Fsp3) is 0.500. The molecule has 0 atom stereocenters. The molecule has 0 radical (unpaired) electrons. The van der Waals surface area contributed by atoms with Crippen LogP contribution < -0.4 is 0 Å². The monoisotopic (exact) mass is 256 g/mol. The lowest BCUT2D eigenvalue weighted by Crippen LogP contribution is -2.47. The topological polar surface area (TPSA) is 42.4 Å². The Hall–Kier alpha value is -1.56. The number of ether oxygens (including phenoxy) is 1. The number of alkyl halides is 2. The van der Waals surface area contributed by atoms with Gasteiger partial charge in [-0.15, -0.1) is 0 Å². The van der Waals surface area contributed by atoms with Crippen LogP contribution in [0.2, 0.25) is 0 Å². The van der Waals surface area contributed by atoms with Crippen LogP contribution in [-0.4, -0.2) is 42.1 Å². The quantitative estimate of drug-likeness (QED) is 0.802. The van der Waals surface area contributed by atoms with E-state index >= 15 is 0 Å². The van der Waals surface area contributed by atoms with Gasteiger partial charge in [0.15, 0.2) is 0 Å². The molecule has 6 heteroatoms. The largest absolute Gasteiger partial charge is 0.378 e. The molecule has 0 saturated carbocycles. The molecule has 1 aliphatic rings. The molecule has 4 nitrogen and oxygen atoms in total. The maximum atomic E-state index is 14.0. The van der Waals surface area contributed by atoms with Gasteiger partial charge in [0.2, 0.25) is 0 Å². The fourth-order valence-electron chi connectivity index (χ4n) is 1.73. The van der Waals surface area contributed by atoms with Crippen molar-refractivity contribution in [3.63, 3.8) is 0 Å². The fourth-order valence-corrected chi connectivity index (χ4v) is 1.73. The molecule has 2 heterocycles. The standard InChI is InChI=1S/C12H14F2N2O2/c1-9-2-3-10(15-8-9)12(13,14)11(17)16-4-6-18-7-5-16/h2-3,8H,4-7H2,1H3. The molecule has 2 rings (SSSR count). The first-order valence-corrected chi connectivity index (χ1v) is 5.70. The van der Waals surface area contributed by atoms with E-state index in [-0.39, 0.29) is 13.1 Å². The molecule has 98 valence electrons. The molecule has 0 aromatic carbocycles. The van der Waals surface area contributed by atoms with Crippen LogP contribution in [0.15, 0.2) is 18.3 Å². The average Bonchev–Trinajstić information content (AvgIpc) is 2.39. The maximum absolute atomic E-state index is 14.0. The highest BCUT2D eigenvalue weighted by molar-refractivity contribution is 5.84. The summed E-state index contributed by atoms with van der Waals surface area (Å²) in [6.45, 7) is 2.73. The lowest BCUT2D eigenvalue weighted by molar-refractivity contribution is -0.163. The highest BCUT2D eigenvalue weighted by Crippen LogP contribution is 2.29. The molecule has 1 amide bonds. The Kier molecular flexibility index (Phi) is 3.56. The molecule has 1 aromatic rings. The summed E-state index contributed by atoms with van der Waals surface area (Å²) in [5.41, 5.74) is 0.262. The number of morpholine rings is 1. The molecule has 0 bridgehead atoms. The highest BCUT2D eigenvalue weighted by Gasteiger charge is 2.45. The molecule has 0 N–H and O–H groups in total. The number of nitrogens with zero attached hydrogens (tertiary/aromatic N) is 2. The van der Waals surface area contributed by atoms with E-state index < -0.39 is 17.5 Å². The minimum absolute atomic E-state index is 0.195.